The molecule has 8 nitrogen and oxygen atoms in total. The van der Waals surface area contributed by atoms with Crippen LogP contribution in [0.25, 0.3) is 21.9 Å². The third-order valence-electron chi connectivity index (χ3n) is 6.60. The smallest absolute Gasteiger partial charge is 0.307 e. The lowest BCUT2D eigenvalue weighted by Gasteiger charge is -2.19. The SMILES string of the molecule is COC(=O)CC(NC(=O)CNC(=O)CCCCNc1ccccn1)c1ccc(-c2cccc3ccccc23)cc1. The molecule has 0 radical (unpaired) electrons. The van der Waals surface area contributed by atoms with Crippen LogP contribution in [-0.4, -0.2) is 43.0 Å². The maximum absolute atomic E-state index is 12.7. The Morgan fingerprint density at radius 3 is 2.40 bits per heavy atom. The number of rotatable bonds is 13. The van der Waals surface area contributed by atoms with Crippen LogP contribution in [0, 0.1) is 0 Å². The first-order valence-electron chi connectivity index (χ1n) is 13.4. The Balaban J connectivity index is 1.29. The molecule has 3 aromatic carbocycles. The number of benzene rings is 3. The van der Waals surface area contributed by atoms with E-state index in [1.807, 2.05) is 60.7 Å². The molecule has 0 spiro atoms. The first-order valence-corrected chi connectivity index (χ1v) is 13.4. The summed E-state index contributed by atoms with van der Waals surface area (Å²) in [6.45, 7) is 0.538. The maximum atomic E-state index is 12.7. The van der Waals surface area contributed by atoms with Crippen LogP contribution in [0.5, 0.6) is 0 Å². The minimum atomic E-state index is -0.587. The van der Waals surface area contributed by atoms with Gasteiger partial charge in [-0.1, -0.05) is 72.8 Å². The molecule has 1 aromatic heterocycles. The van der Waals surface area contributed by atoms with Gasteiger partial charge in [0.25, 0.3) is 0 Å². The van der Waals surface area contributed by atoms with E-state index < -0.39 is 12.0 Å². The van der Waals surface area contributed by atoms with Crippen LogP contribution >= 0.6 is 0 Å². The molecule has 1 atom stereocenters. The summed E-state index contributed by atoms with van der Waals surface area (Å²) in [5.74, 6) is -0.214. The molecule has 0 aliphatic rings. The number of hydrogen-bond donors (Lipinski definition) is 3. The number of carbonyl (C=O) groups is 3. The van der Waals surface area contributed by atoms with Crippen molar-refractivity contribution in [2.45, 2.75) is 31.7 Å². The average Bonchev–Trinajstić information content (AvgIpc) is 2.99. The molecule has 2 amide bonds. The van der Waals surface area contributed by atoms with Gasteiger partial charge >= 0.3 is 5.97 Å². The van der Waals surface area contributed by atoms with Gasteiger partial charge in [-0.05, 0) is 52.4 Å². The molecule has 4 aromatic rings. The highest BCUT2D eigenvalue weighted by Gasteiger charge is 2.19. The zero-order valence-corrected chi connectivity index (χ0v) is 22.6. The molecule has 40 heavy (non-hydrogen) atoms. The number of methoxy groups -OCH3 is 1. The van der Waals surface area contributed by atoms with E-state index in [9.17, 15) is 14.4 Å². The third kappa shape index (κ3) is 8.14. The molecule has 1 heterocycles. The fourth-order valence-corrected chi connectivity index (χ4v) is 4.48. The molecule has 0 aliphatic heterocycles. The summed E-state index contributed by atoms with van der Waals surface area (Å²) in [6.07, 6.45) is 3.50. The van der Waals surface area contributed by atoms with Crippen molar-refractivity contribution >= 4 is 34.4 Å². The zero-order valence-electron chi connectivity index (χ0n) is 22.6. The highest BCUT2D eigenvalue weighted by atomic mass is 16.5. The fraction of sp³-hybridized carbons (Fsp3) is 0.250. The minimum Gasteiger partial charge on any atom is -0.469 e. The number of nitrogens with zero attached hydrogens (tertiary/aromatic N) is 1. The van der Waals surface area contributed by atoms with Crippen LogP contribution < -0.4 is 16.0 Å². The van der Waals surface area contributed by atoms with Gasteiger partial charge in [-0.3, -0.25) is 14.4 Å². The average molecular weight is 539 g/mol. The number of anilines is 1. The Morgan fingerprint density at radius 1 is 0.850 bits per heavy atom. The number of unbranched alkanes of at least 4 members (excludes halogenated alkanes) is 1. The van der Waals surface area contributed by atoms with E-state index in [1.165, 1.54) is 7.11 Å². The number of nitrogens with one attached hydrogen (secondary N) is 3. The standard InChI is InChI=1S/C32H34N4O4/c1-40-32(39)21-28(25-17-15-24(16-18-25)27-12-8-10-23-9-2-3-11-26(23)27)36-31(38)22-35-30(37)14-5-7-20-34-29-13-4-6-19-33-29/h2-4,6,8-13,15-19,28H,5,7,14,20-22H2,1H3,(H,33,34)(H,35,37)(H,36,38). The van der Waals surface area contributed by atoms with E-state index in [2.05, 4.69) is 45.2 Å². The predicted molar refractivity (Wildman–Crippen MR) is 156 cm³/mol. The lowest BCUT2D eigenvalue weighted by atomic mass is 9.95. The van der Waals surface area contributed by atoms with Gasteiger partial charge in [-0.2, -0.15) is 0 Å². The summed E-state index contributed by atoms with van der Waals surface area (Å²) in [6, 6.07) is 27.2. The summed E-state index contributed by atoms with van der Waals surface area (Å²) >= 11 is 0. The zero-order chi connectivity index (χ0) is 28.2. The highest BCUT2D eigenvalue weighted by molar-refractivity contribution is 5.96. The molecule has 3 N–H and O–H groups in total. The normalized spacial score (nSPS) is 11.4. The van der Waals surface area contributed by atoms with Crippen LogP contribution in [0.2, 0.25) is 0 Å². The molecule has 4 rings (SSSR count). The van der Waals surface area contributed by atoms with Crippen molar-refractivity contribution in [2.24, 2.45) is 0 Å². The second-order valence-corrected chi connectivity index (χ2v) is 9.42. The van der Waals surface area contributed by atoms with Crippen molar-refractivity contribution in [1.29, 1.82) is 0 Å². The number of pyridine rings is 1. The molecule has 0 saturated heterocycles. The van der Waals surface area contributed by atoms with Crippen molar-refractivity contribution in [2.75, 3.05) is 25.5 Å². The summed E-state index contributed by atoms with van der Waals surface area (Å²) in [5.41, 5.74) is 2.91. The summed E-state index contributed by atoms with van der Waals surface area (Å²) < 4.78 is 4.85. The quantitative estimate of drug-likeness (QED) is 0.163. The van der Waals surface area contributed by atoms with Crippen molar-refractivity contribution in [3.63, 3.8) is 0 Å². The summed E-state index contributed by atoms with van der Waals surface area (Å²) in [4.78, 5) is 41.2. The van der Waals surface area contributed by atoms with Crippen LogP contribution in [0.1, 0.15) is 37.3 Å². The van der Waals surface area contributed by atoms with E-state index in [1.54, 1.807) is 6.20 Å². The summed E-state index contributed by atoms with van der Waals surface area (Å²) in [7, 11) is 1.32. The van der Waals surface area contributed by atoms with Gasteiger partial charge in [0, 0.05) is 19.2 Å². The molecule has 0 fully saturated rings. The number of fused-ring (bicyclic) bond motifs is 1. The van der Waals surface area contributed by atoms with Crippen molar-refractivity contribution in [1.82, 2.24) is 15.6 Å². The van der Waals surface area contributed by atoms with Crippen LogP contribution in [0.15, 0.2) is 91.1 Å². The fourth-order valence-electron chi connectivity index (χ4n) is 4.48. The first-order chi connectivity index (χ1) is 19.5. The number of carbonyl (C=O) groups excluding carboxylic acids is 3. The van der Waals surface area contributed by atoms with Gasteiger partial charge in [0.15, 0.2) is 0 Å². The van der Waals surface area contributed by atoms with Gasteiger partial charge in [0.1, 0.15) is 5.82 Å². The van der Waals surface area contributed by atoms with Gasteiger partial charge in [0.05, 0.1) is 26.1 Å². The van der Waals surface area contributed by atoms with Crippen LogP contribution in [0.3, 0.4) is 0 Å². The molecule has 206 valence electrons. The molecule has 0 aliphatic carbocycles. The minimum absolute atomic E-state index is 0.0208. The van der Waals surface area contributed by atoms with E-state index in [-0.39, 0.29) is 24.8 Å². The topological polar surface area (TPSA) is 109 Å². The van der Waals surface area contributed by atoms with E-state index in [0.29, 0.717) is 19.4 Å². The third-order valence-corrected chi connectivity index (χ3v) is 6.60. The lowest BCUT2D eigenvalue weighted by molar-refractivity contribution is -0.141. The number of esters is 1. The van der Waals surface area contributed by atoms with Crippen LogP contribution in [0.4, 0.5) is 5.82 Å². The Hall–Kier alpha value is -4.72. The van der Waals surface area contributed by atoms with Gasteiger partial charge in [-0.15, -0.1) is 0 Å². The molecule has 0 bridgehead atoms. The first kappa shape index (κ1) is 28.3. The van der Waals surface area contributed by atoms with Crippen molar-refractivity contribution < 1.29 is 19.1 Å². The largest absolute Gasteiger partial charge is 0.469 e. The monoisotopic (exact) mass is 538 g/mol. The van der Waals surface area contributed by atoms with E-state index >= 15 is 0 Å². The second kappa shape index (κ2) is 14.4. The van der Waals surface area contributed by atoms with Gasteiger partial charge in [-0.25, -0.2) is 4.98 Å². The number of amides is 2. The van der Waals surface area contributed by atoms with Crippen molar-refractivity contribution in [3.05, 3.63) is 96.7 Å². The van der Waals surface area contributed by atoms with E-state index in [0.717, 1.165) is 39.7 Å². The van der Waals surface area contributed by atoms with Gasteiger partial charge in [0.2, 0.25) is 11.8 Å². The Morgan fingerprint density at radius 2 is 1.62 bits per heavy atom. The highest BCUT2D eigenvalue weighted by Crippen LogP contribution is 2.30. The van der Waals surface area contributed by atoms with E-state index in [4.69, 9.17) is 4.74 Å². The number of ether oxygens (including phenoxy) is 1. The Bertz CT molecular complexity index is 1420. The number of aromatic nitrogens is 1. The number of hydrogen-bond acceptors (Lipinski definition) is 6. The second-order valence-electron chi connectivity index (χ2n) is 9.42. The maximum Gasteiger partial charge on any atom is 0.307 e. The lowest BCUT2D eigenvalue weighted by Crippen LogP contribution is -2.39. The molecular weight excluding hydrogens is 504 g/mol. The Kier molecular flexibility index (Phi) is 10.2. The summed E-state index contributed by atoms with van der Waals surface area (Å²) in [5, 5.41) is 11.0. The van der Waals surface area contributed by atoms with Crippen LogP contribution in [-0.2, 0) is 19.1 Å². The molecule has 0 saturated carbocycles. The molecule has 1 unspecified atom stereocenters. The van der Waals surface area contributed by atoms with Gasteiger partial charge < -0.3 is 20.7 Å². The van der Waals surface area contributed by atoms with Crippen molar-refractivity contribution in [3.8, 4) is 11.1 Å². The predicted octanol–water partition coefficient (Wildman–Crippen LogP) is 5.02. The molecule has 8 heteroatoms. The molecular formula is C32H34N4O4. The Labute approximate surface area is 234 Å².